The van der Waals surface area contributed by atoms with Crippen LogP contribution in [-0.4, -0.2) is 35.2 Å². The third-order valence-electron chi connectivity index (χ3n) is 3.05. The average molecular weight is 418 g/mol. The molecule has 0 aliphatic heterocycles. The topological polar surface area (TPSA) is 51.1 Å². The van der Waals surface area contributed by atoms with E-state index < -0.39 is 0 Å². The van der Waals surface area contributed by atoms with E-state index in [-0.39, 0.29) is 0 Å². The predicted molar refractivity (Wildman–Crippen MR) is 101 cm³/mol. The number of hydrogen-bond acceptors (Lipinski definition) is 3. The molecule has 2 aromatic rings. The number of ether oxygens (including phenoxy) is 1. The predicted octanol–water partition coefficient (Wildman–Crippen LogP) is 3.67. The van der Waals surface area contributed by atoms with Crippen LogP contribution in [0.5, 0.6) is 0 Å². The number of thiocarbonyl (C=S) groups is 1. The Hall–Kier alpha value is -1.15. The number of rotatable bonds is 7. The molecule has 0 spiro atoms. The van der Waals surface area contributed by atoms with E-state index in [0.717, 1.165) is 28.0 Å². The zero-order chi connectivity index (χ0) is 16.7. The van der Waals surface area contributed by atoms with E-state index in [4.69, 9.17) is 28.6 Å². The first kappa shape index (κ1) is 18.2. The van der Waals surface area contributed by atoms with Gasteiger partial charge in [-0.25, -0.2) is 0 Å². The third kappa shape index (κ3) is 5.76. The first-order valence-corrected chi connectivity index (χ1v) is 8.68. The van der Waals surface area contributed by atoms with Crippen LogP contribution in [0.25, 0.3) is 0 Å². The van der Waals surface area contributed by atoms with Gasteiger partial charge in [0.1, 0.15) is 0 Å². The third-order valence-corrected chi connectivity index (χ3v) is 4.25. The molecule has 0 radical (unpaired) electrons. The molecule has 1 aromatic carbocycles. The van der Waals surface area contributed by atoms with Crippen LogP contribution >= 0.6 is 39.7 Å². The highest BCUT2D eigenvalue weighted by Gasteiger charge is 2.09. The lowest BCUT2D eigenvalue weighted by Crippen LogP contribution is -2.30. The number of hydrogen-bond donors (Lipinski definition) is 2. The molecule has 1 heterocycles. The van der Waals surface area contributed by atoms with Crippen molar-refractivity contribution in [2.24, 2.45) is 0 Å². The Morgan fingerprint density at radius 1 is 1.43 bits per heavy atom. The quantitative estimate of drug-likeness (QED) is 0.532. The van der Waals surface area contributed by atoms with Gasteiger partial charge in [0.05, 0.1) is 11.0 Å². The number of benzene rings is 1. The summed E-state index contributed by atoms with van der Waals surface area (Å²) in [5.41, 5.74) is 1.01. The van der Waals surface area contributed by atoms with Crippen molar-refractivity contribution in [1.29, 1.82) is 0 Å². The molecule has 5 nitrogen and oxygen atoms in total. The first-order valence-electron chi connectivity index (χ1n) is 7.10. The molecule has 0 bridgehead atoms. The van der Waals surface area contributed by atoms with Gasteiger partial charge in [-0.1, -0.05) is 29.8 Å². The van der Waals surface area contributed by atoms with E-state index >= 15 is 0 Å². The van der Waals surface area contributed by atoms with Gasteiger partial charge in [0.25, 0.3) is 0 Å². The maximum absolute atomic E-state index is 6.18. The minimum atomic E-state index is 0.532. The van der Waals surface area contributed by atoms with Crippen molar-refractivity contribution >= 4 is 50.7 Å². The van der Waals surface area contributed by atoms with Crippen LogP contribution < -0.4 is 10.6 Å². The molecule has 0 fully saturated rings. The SMILES string of the molecule is COCCCNC(=S)Nc1nn(Cc2ccccc2Cl)cc1Br. The molecule has 0 saturated heterocycles. The van der Waals surface area contributed by atoms with E-state index in [1.165, 1.54) is 0 Å². The summed E-state index contributed by atoms with van der Waals surface area (Å²) < 4.78 is 7.64. The largest absolute Gasteiger partial charge is 0.385 e. The van der Waals surface area contributed by atoms with Gasteiger partial charge in [-0.3, -0.25) is 4.68 Å². The van der Waals surface area contributed by atoms with Crippen LogP contribution in [0.3, 0.4) is 0 Å². The molecule has 2 N–H and O–H groups in total. The van der Waals surface area contributed by atoms with Crippen LogP contribution in [-0.2, 0) is 11.3 Å². The van der Waals surface area contributed by atoms with Gasteiger partial charge in [-0.15, -0.1) is 0 Å². The summed E-state index contributed by atoms with van der Waals surface area (Å²) in [5.74, 6) is 0.668. The maximum atomic E-state index is 6.18. The molecule has 0 saturated carbocycles. The summed E-state index contributed by atoms with van der Waals surface area (Å²) in [6, 6.07) is 7.71. The van der Waals surface area contributed by atoms with Crippen molar-refractivity contribution in [2.75, 3.05) is 25.6 Å². The number of methoxy groups -OCH3 is 1. The van der Waals surface area contributed by atoms with Gasteiger partial charge in [0.15, 0.2) is 10.9 Å². The lowest BCUT2D eigenvalue weighted by atomic mass is 10.2. The van der Waals surface area contributed by atoms with Crippen molar-refractivity contribution in [3.63, 3.8) is 0 Å². The summed E-state index contributed by atoms with van der Waals surface area (Å²) in [6.07, 6.45) is 2.78. The standard InChI is InChI=1S/C15H18BrClN4OS/c1-22-8-4-7-18-15(23)19-14-12(16)10-21(20-14)9-11-5-2-3-6-13(11)17/h2-3,5-6,10H,4,7-9H2,1H3,(H2,18,19,20,23). The lowest BCUT2D eigenvalue weighted by Gasteiger charge is -2.08. The Morgan fingerprint density at radius 3 is 2.96 bits per heavy atom. The fourth-order valence-electron chi connectivity index (χ4n) is 1.93. The Morgan fingerprint density at radius 2 is 2.22 bits per heavy atom. The summed E-state index contributed by atoms with van der Waals surface area (Å²) >= 11 is 14.9. The second kappa shape index (κ2) is 9.22. The Bertz CT molecular complexity index is 665. The van der Waals surface area contributed by atoms with Crippen LogP contribution in [0.2, 0.25) is 5.02 Å². The summed E-state index contributed by atoms with van der Waals surface area (Å²) in [6.45, 7) is 2.04. The van der Waals surface area contributed by atoms with Crippen LogP contribution in [0.4, 0.5) is 5.82 Å². The molecule has 0 aliphatic rings. The number of anilines is 1. The van der Waals surface area contributed by atoms with Gasteiger partial charge in [0, 0.05) is 31.5 Å². The van der Waals surface area contributed by atoms with Gasteiger partial charge in [0.2, 0.25) is 0 Å². The highest BCUT2D eigenvalue weighted by Crippen LogP contribution is 2.22. The van der Waals surface area contributed by atoms with E-state index in [2.05, 4.69) is 31.7 Å². The second-order valence-corrected chi connectivity index (χ2v) is 6.51. The van der Waals surface area contributed by atoms with E-state index in [9.17, 15) is 0 Å². The van der Waals surface area contributed by atoms with Crippen LogP contribution in [0.1, 0.15) is 12.0 Å². The summed E-state index contributed by atoms with van der Waals surface area (Å²) in [7, 11) is 1.68. The van der Waals surface area contributed by atoms with Crippen LogP contribution in [0, 0.1) is 0 Å². The maximum Gasteiger partial charge on any atom is 0.172 e. The molecule has 1 aromatic heterocycles. The summed E-state index contributed by atoms with van der Waals surface area (Å²) in [5, 5.41) is 11.9. The molecule has 0 unspecified atom stereocenters. The Labute approximate surface area is 154 Å². The summed E-state index contributed by atoms with van der Waals surface area (Å²) in [4.78, 5) is 0. The smallest absolute Gasteiger partial charge is 0.172 e. The molecule has 2 rings (SSSR count). The molecular formula is C15H18BrClN4OS. The number of nitrogens with zero attached hydrogens (tertiary/aromatic N) is 2. The van der Waals surface area contributed by atoms with Crippen molar-refractivity contribution in [3.05, 3.63) is 45.5 Å². The molecule has 0 aliphatic carbocycles. The van der Waals surface area contributed by atoms with E-state index in [1.54, 1.807) is 11.8 Å². The number of nitrogens with one attached hydrogen (secondary N) is 2. The average Bonchev–Trinajstić information content (AvgIpc) is 2.86. The zero-order valence-electron chi connectivity index (χ0n) is 12.7. The fourth-order valence-corrected chi connectivity index (χ4v) is 2.74. The lowest BCUT2D eigenvalue weighted by molar-refractivity contribution is 0.196. The zero-order valence-corrected chi connectivity index (χ0v) is 15.8. The molecule has 0 atom stereocenters. The molecule has 0 amide bonds. The molecule has 8 heteroatoms. The normalized spacial score (nSPS) is 10.6. The van der Waals surface area contributed by atoms with Gasteiger partial charge in [-0.05, 0) is 46.2 Å². The van der Waals surface area contributed by atoms with Crippen LogP contribution in [0.15, 0.2) is 34.9 Å². The van der Waals surface area contributed by atoms with Gasteiger partial charge < -0.3 is 15.4 Å². The molecule has 23 heavy (non-hydrogen) atoms. The Balaban J connectivity index is 1.93. The molecular weight excluding hydrogens is 400 g/mol. The minimum Gasteiger partial charge on any atom is -0.385 e. The second-order valence-electron chi connectivity index (χ2n) is 4.84. The molecule has 124 valence electrons. The van der Waals surface area contributed by atoms with Crippen molar-refractivity contribution < 1.29 is 4.74 Å². The number of aromatic nitrogens is 2. The highest BCUT2D eigenvalue weighted by atomic mass is 79.9. The minimum absolute atomic E-state index is 0.532. The monoisotopic (exact) mass is 416 g/mol. The Kier molecular flexibility index (Phi) is 7.29. The first-order chi connectivity index (χ1) is 11.1. The van der Waals surface area contributed by atoms with Crippen molar-refractivity contribution in [2.45, 2.75) is 13.0 Å². The van der Waals surface area contributed by atoms with Crippen molar-refractivity contribution in [1.82, 2.24) is 15.1 Å². The highest BCUT2D eigenvalue weighted by molar-refractivity contribution is 9.10. The van der Waals surface area contributed by atoms with Gasteiger partial charge >= 0.3 is 0 Å². The van der Waals surface area contributed by atoms with E-state index in [1.807, 2.05) is 30.5 Å². The number of halogens is 2. The van der Waals surface area contributed by atoms with Crippen molar-refractivity contribution in [3.8, 4) is 0 Å². The fraction of sp³-hybridized carbons (Fsp3) is 0.333. The van der Waals surface area contributed by atoms with Gasteiger partial charge in [-0.2, -0.15) is 5.10 Å². The van der Waals surface area contributed by atoms with E-state index in [0.29, 0.717) is 24.1 Å².